The third-order valence-corrected chi connectivity index (χ3v) is 4.65. The van der Waals surface area contributed by atoms with E-state index < -0.39 is 10.0 Å². The number of hydrogen-bond acceptors (Lipinski definition) is 3. The number of aromatic nitrogens is 1. The molecular formula is C19H21N3O3S. The predicted octanol–water partition coefficient (Wildman–Crippen LogP) is 2.64. The van der Waals surface area contributed by atoms with E-state index in [1.54, 1.807) is 18.2 Å². The average molecular weight is 371 g/mol. The number of amides is 1. The maximum atomic E-state index is 12.3. The van der Waals surface area contributed by atoms with Gasteiger partial charge in [-0.25, -0.2) is 8.42 Å². The minimum Gasteiger partial charge on any atom is -0.350 e. The largest absolute Gasteiger partial charge is 0.350 e. The second-order valence-electron chi connectivity index (χ2n) is 6.28. The summed E-state index contributed by atoms with van der Waals surface area (Å²) in [5, 5.41) is 3.99. The summed E-state index contributed by atoms with van der Waals surface area (Å²) in [6, 6.07) is 17.0. The van der Waals surface area contributed by atoms with E-state index in [9.17, 15) is 13.2 Å². The Labute approximate surface area is 152 Å². The standard InChI is InChI=1S/C19H21N3O3S/c1-14-10-16-7-3-4-9-18(16)22(14)13-19(23)20-12-15-6-5-8-17(11-15)21-26(2,24)25/h3-11,21H,12-13H2,1-2H3,(H,20,23). The SMILES string of the molecule is Cc1cc2ccccc2n1CC(=O)NCc1cccc(NS(C)(=O)=O)c1. The number of hydrogen-bond donors (Lipinski definition) is 2. The van der Waals surface area contributed by atoms with Crippen molar-refractivity contribution in [2.45, 2.75) is 20.0 Å². The minimum absolute atomic E-state index is 0.101. The average Bonchev–Trinajstić information content (AvgIpc) is 2.88. The first-order valence-corrected chi connectivity index (χ1v) is 10.1. The molecule has 0 bridgehead atoms. The fraction of sp³-hybridized carbons (Fsp3) is 0.211. The van der Waals surface area contributed by atoms with Gasteiger partial charge in [-0.2, -0.15) is 0 Å². The Morgan fingerprint density at radius 1 is 1.08 bits per heavy atom. The third kappa shape index (κ3) is 4.43. The normalized spacial score (nSPS) is 11.5. The van der Waals surface area contributed by atoms with E-state index in [1.807, 2.05) is 41.8 Å². The molecule has 0 fully saturated rings. The summed E-state index contributed by atoms with van der Waals surface area (Å²) in [5.41, 5.74) is 3.35. The van der Waals surface area contributed by atoms with Gasteiger partial charge in [0.1, 0.15) is 6.54 Å². The van der Waals surface area contributed by atoms with Crippen LogP contribution in [0.1, 0.15) is 11.3 Å². The second kappa shape index (κ2) is 7.21. The van der Waals surface area contributed by atoms with Crippen LogP contribution in [0.25, 0.3) is 10.9 Å². The lowest BCUT2D eigenvalue weighted by Crippen LogP contribution is -2.27. The van der Waals surface area contributed by atoms with Crippen molar-refractivity contribution >= 4 is 32.5 Å². The Balaban J connectivity index is 1.66. The molecule has 0 unspecified atom stereocenters. The van der Waals surface area contributed by atoms with E-state index in [0.717, 1.165) is 28.4 Å². The highest BCUT2D eigenvalue weighted by molar-refractivity contribution is 7.92. The van der Waals surface area contributed by atoms with Crippen LogP contribution >= 0.6 is 0 Å². The van der Waals surface area contributed by atoms with E-state index in [-0.39, 0.29) is 12.5 Å². The zero-order valence-corrected chi connectivity index (χ0v) is 15.5. The summed E-state index contributed by atoms with van der Waals surface area (Å²) in [6.07, 6.45) is 1.10. The van der Waals surface area contributed by atoms with Gasteiger partial charge in [0.2, 0.25) is 15.9 Å². The molecule has 3 aromatic rings. The molecule has 7 heteroatoms. The van der Waals surface area contributed by atoms with Gasteiger partial charge >= 0.3 is 0 Å². The van der Waals surface area contributed by atoms with Gasteiger partial charge in [-0.05, 0) is 42.1 Å². The molecule has 0 radical (unpaired) electrons. The van der Waals surface area contributed by atoms with Gasteiger partial charge in [0.15, 0.2) is 0 Å². The predicted molar refractivity (Wildman–Crippen MR) is 103 cm³/mol. The van der Waals surface area contributed by atoms with Gasteiger partial charge in [0, 0.05) is 23.4 Å². The van der Waals surface area contributed by atoms with E-state index >= 15 is 0 Å². The molecule has 0 saturated carbocycles. The summed E-state index contributed by atoms with van der Waals surface area (Å²) in [6.45, 7) is 2.55. The maximum Gasteiger partial charge on any atom is 0.240 e. The second-order valence-corrected chi connectivity index (χ2v) is 8.03. The number of carbonyl (C=O) groups excluding carboxylic acids is 1. The van der Waals surface area contributed by atoms with Crippen molar-refractivity contribution < 1.29 is 13.2 Å². The quantitative estimate of drug-likeness (QED) is 0.699. The number of benzene rings is 2. The summed E-state index contributed by atoms with van der Waals surface area (Å²) in [5.74, 6) is -0.101. The lowest BCUT2D eigenvalue weighted by molar-refractivity contribution is -0.121. The van der Waals surface area contributed by atoms with Crippen LogP contribution in [0.5, 0.6) is 0 Å². The number of carbonyl (C=O) groups is 1. The zero-order valence-electron chi connectivity index (χ0n) is 14.7. The van der Waals surface area contributed by atoms with Crippen LogP contribution in [0.2, 0.25) is 0 Å². The molecule has 0 aliphatic carbocycles. The van der Waals surface area contributed by atoms with Crippen molar-refractivity contribution in [3.05, 3.63) is 65.9 Å². The van der Waals surface area contributed by atoms with Crippen molar-refractivity contribution in [3.8, 4) is 0 Å². The molecule has 26 heavy (non-hydrogen) atoms. The van der Waals surface area contributed by atoms with Gasteiger partial charge < -0.3 is 9.88 Å². The molecule has 1 aromatic heterocycles. The first-order valence-electron chi connectivity index (χ1n) is 8.20. The van der Waals surface area contributed by atoms with Crippen LogP contribution in [0.3, 0.4) is 0 Å². The molecular weight excluding hydrogens is 350 g/mol. The van der Waals surface area contributed by atoms with Gasteiger partial charge in [-0.1, -0.05) is 30.3 Å². The number of nitrogens with zero attached hydrogens (tertiary/aromatic N) is 1. The number of aryl methyl sites for hydroxylation is 1. The van der Waals surface area contributed by atoms with Gasteiger partial charge in [0.25, 0.3) is 0 Å². The molecule has 0 spiro atoms. The third-order valence-electron chi connectivity index (χ3n) is 4.04. The molecule has 0 aliphatic rings. The molecule has 1 amide bonds. The summed E-state index contributed by atoms with van der Waals surface area (Å²) < 4.78 is 27.0. The monoisotopic (exact) mass is 371 g/mol. The summed E-state index contributed by atoms with van der Waals surface area (Å²) in [7, 11) is -3.33. The van der Waals surface area contributed by atoms with E-state index in [0.29, 0.717) is 12.2 Å². The van der Waals surface area contributed by atoms with Gasteiger partial charge in [-0.3, -0.25) is 9.52 Å². The Hall–Kier alpha value is -2.80. The lowest BCUT2D eigenvalue weighted by atomic mass is 10.2. The molecule has 2 aromatic carbocycles. The Kier molecular flexibility index (Phi) is 4.99. The van der Waals surface area contributed by atoms with E-state index in [2.05, 4.69) is 16.1 Å². The van der Waals surface area contributed by atoms with Gasteiger partial charge in [0.05, 0.1) is 6.26 Å². The van der Waals surface area contributed by atoms with Gasteiger partial charge in [-0.15, -0.1) is 0 Å². The number of sulfonamides is 1. The maximum absolute atomic E-state index is 12.3. The Morgan fingerprint density at radius 2 is 1.85 bits per heavy atom. The summed E-state index contributed by atoms with van der Waals surface area (Å²) in [4.78, 5) is 12.3. The smallest absolute Gasteiger partial charge is 0.240 e. The van der Waals surface area contributed by atoms with Crippen molar-refractivity contribution in [3.63, 3.8) is 0 Å². The highest BCUT2D eigenvalue weighted by Gasteiger charge is 2.09. The highest BCUT2D eigenvalue weighted by atomic mass is 32.2. The number of rotatable bonds is 6. The number of para-hydroxylation sites is 1. The van der Waals surface area contributed by atoms with E-state index in [1.165, 1.54) is 0 Å². The zero-order chi connectivity index (χ0) is 18.7. The number of fused-ring (bicyclic) bond motifs is 1. The fourth-order valence-electron chi connectivity index (χ4n) is 2.92. The molecule has 6 nitrogen and oxygen atoms in total. The molecule has 2 N–H and O–H groups in total. The molecule has 0 saturated heterocycles. The topological polar surface area (TPSA) is 80.2 Å². The first kappa shape index (κ1) is 18.0. The van der Waals surface area contributed by atoms with Crippen molar-refractivity contribution in [1.82, 2.24) is 9.88 Å². The number of anilines is 1. The van der Waals surface area contributed by atoms with Crippen LogP contribution in [0.4, 0.5) is 5.69 Å². The Bertz CT molecular complexity index is 1050. The molecule has 136 valence electrons. The van der Waals surface area contributed by atoms with Crippen molar-refractivity contribution in [1.29, 1.82) is 0 Å². The van der Waals surface area contributed by atoms with Crippen LogP contribution in [-0.2, 0) is 27.9 Å². The Morgan fingerprint density at radius 3 is 2.62 bits per heavy atom. The molecule has 1 heterocycles. The van der Waals surface area contributed by atoms with Crippen molar-refractivity contribution in [2.24, 2.45) is 0 Å². The molecule has 3 rings (SSSR count). The van der Waals surface area contributed by atoms with E-state index in [4.69, 9.17) is 0 Å². The van der Waals surface area contributed by atoms with Crippen LogP contribution in [-0.4, -0.2) is 25.1 Å². The highest BCUT2D eigenvalue weighted by Crippen LogP contribution is 2.19. The number of nitrogens with one attached hydrogen (secondary N) is 2. The first-order chi connectivity index (χ1) is 12.3. The van der Waals surface area contributed by atoms with Crippen LogP contribution in [0.15, 0.2) is 54.6 Å². The van der Waals surface area contributed by atoms with Crippen LogP contribution in [0, 0.1) is 6.92 Å². The minimum atomic E-state index is -3.33. The fourth-order valence-corrected chi connectivity index (χ4v) is 3.47. The summed E-state index contributed by atoms with van der Waals surface area (Å²) >= 11 is 0. The lowest BCUT2D eigenvalue weighted by Gasteiger charge is -2.10. The van der Waals surface area contributed by atoms with Crippen molar-refractivity contribution in [2.75, 3.05) is 11.0 Å². The van der Waals surface area contributed by atoms with Crippen LogP contribution < -0.4 is 10.0 Å². The molecule has 0 atom stereocenters. The molecule has 0 aliphatic heterocycles.